The molecule has 0 fully saturated rings. The Labute approximate surface area is 158 Å². The number of hydrogen-bond donors (Lipinski definition) is 2. The summed E-state index contributed by atoms with van der Waals surface area (Å²) >= 11 is 0. The largest absolute Gasteiger partial charge is 0.493 e. The van der Waals surface area contributed by atoms with Crippen molar-refractivity contribution < 1.29 is 23.8 Å². The first kappa shape index (κ1) is 20.1. The summed E-state index contributed by atoms with van der Waals surface area (Å²) < 4.78 is 15.7. The highest BCUT2D eigenvalue weighted by Crippen LogP contribution is 2.38. The van der Waals surface area contributed by atoms with Crippen molar-refractivity contribution in [1.29, 1.82) is 0 Å². The first-order valence-electron chi connectivity index (χ1n) is 8.35. The number of anilines is 1. The summed E-state index contributed by atoms with van der Waals surface area (Å²) in [7, 11) is 4.42. The lowest BCUT2D eigenvalue weighted by Gasteiger charge is -2.14. The standard InChI is InChI=1S/C20H24N2O5/c1-12-6-7-13(2)15(8-12)22-18(23)11-21-20(24)14-9-16(25-3)19(27-5)17(10-14)26-4/h6-10H,11H2,1-5H3,(H,21,24)(H,22,23). The molecule has 2 aromatic rings. The molecule has 0 heterocycles. The molecular formula is C20H24N2O5. The van der Waals surface area contributed by atoms with Gasteiger partial charge < -0.3 is 24.8 Å². The molecule has 0 spiro atoms. The lowest BCUT2D eigenvalue weighted by atomic mass is 10.1. The highest BCUT2D eigenvalue weighted by molar-refractivity contribution is 6.00. The van der Waals surface area contributed by atoms with Gasteiger partial charge in [0.05, 0.1) is 27.9 Å². The lowest BCUT2D eigenvalue weighted by molar-refractivity contribution is -0.115. The molecule has 0 saturated heterocycles. The summed E-state index contributed by atoms with van der Waals surface area (Å²) in [4.78, 5) is 24.6. The van der Waals surface area contributed by atoms with Crippen molar-refractivity contribution in [1.82, 2.24) is 5.32 Å². The Kier molecular flexibility index (Phi) is 6.65. The van der Waals surface area contributed by atoms with E-state index in [1.165, 1.54) is 33.5 Å². The Balaban J connectivity index is 2.07. The Morgan fingerprint density at radius 1 is 0.926 bits per heavy atom. The Bertz CT molecular complexity index is 823. The van der Waals surface area contributed by atoms with E-state index in [9.17, 15) is 9.59 Å². The summed E-state index contributed by atoms with van der Waals surface area (Å²) in [5, 5.41) is 5.39. The summed E-state index contributed by atoms with van der Waals surface area (Å²) in [6.07, 6.45) is 0. The minimum Gasteiger partial charge on any atom is -0.493 e. The van der Waals surface area contributed by atoms with Gasteiger partial charge in [-0.1, -0.05) is 12.1 Å². The van der Waals surface area contributed by atoms with Gasteiger partial charge in [-0.15, -0.1) is 0 Å². The molecule has 0 unspecified atom stereocenters. The van der Waals surface area contributed by atoms with Crippen LogP contribution in [0.3, 0.4) is 0 Å². The van der Waals surface area contributed by atoms with E-state index in [1.54, 1.807) is 0 Å². The average molecular weight is 372 g/mol. The van der Waals surface area contributed by atoms with Crippen molar-refractivity contribution in [2.24, 2.45) is 0 Å². The van der Waals surface area contributed by atoms with Gasteiger partial charge in [0, 0.05) is 11.3 Å². The second kappa shape index (κ2) is 8.93. The maximum Gasteiger partial charge on any atom is 0.251 e. The molecule has 0 radical (unpaired) electrons. The minimum atomic E-state index is -0.426. The quantitative estimate of drug-likeness (QED) is 0.780. The van der Waals surface area contributed by atoms with E-state index in [-0.39, 0.29) is 12.5 Å². The molecule has 2 N–H and O–H groups in total. The molecule has 0 aliphatic heterocycles. The van der Waals surface area contributed by atoms with Gasteiger partial charge in [0.15, 0.2) is 11.5 Å². The van der Waals surface area contributed by atoms with Crippen molar-refractivity contribution >= 4 is 17.5 Å². The van der Waals surface area contributed by atoms with Gasteiger partial charge in [-0.3, -0.25) is 9.59 Å². The normalized spacial score (nSPS) is 10.1. The zero-order chi connectivity index (χ0) is 20.0. The third kappa shape index (κ3) is 4.91. The van der Waals surface area contributed by atoms with E-state index in [4.69, 9.17) is 14.2 Å². The zero-order valence-corrected chi connectivity index (χ0v) is 16.1. The van der Waals surface area contributed by atoms with Crippen LogP contribution in [-0.4, -0.2) is 39.7 Å². The summed E-state index contributed by atoms with van der Waals surface area (Å²) in [6, 6.07) is 8.84. The van der Waals surface area contributed by atoms with Crippen LogP contribution < -0.4 is 24.8 Å². The van der Waals surface area contributed by atoms with Crippen molar-refractivity contribution in [2.75, 3.05) is 33.2 Å². The van der Waals surface area contributed by atoms with E-state index in [0.717, 1.165) is 16.8 Å². The van der Waals surface area contributed by atoms with Crippen LogP contribution in [0.5, 0.6) is 17.2 Å². The molecule has 0 atom stereocenters. The molecular weight excluding hydrogens is 348 g/mol. The molecule has 0 saturated carbocycles. The monoisotopic (exact) mass is 372 g/mol. The first-order valence-corrected chi connectivity index (χ1v) is 8.35. The maximum absolute atomic E-state index is 12.4. The van der Waals surface area contributed by atoms with E-state index >= 15 is 0 Å². The predicted octanol–water partition coefficient (Wildman–Crippen LogP) is 2.70. The highest BCUT2D eigenvalue weighted by Gasteiger charge is 2.17. The van der Waals surface area contributed by atoms with Gasteiger partial charge in [0.25, 0.3) is 5.91 Å². The SMILES string of the molecule is COc1cc(C(=O)NCC(=O)Nc2cc(C)ccc2C)cc(OC)c1OC. The van der Waals surface area contributed by atoms with Gasteiger partial charge in [0.2, 0.25) is 11.7 Å². The maximum atomic E-state index is 12.4. The number of ether oxygens (including phenoxy) is 3. The number of aryl methyl sites for hydroxylation is 2. The van der Waals surface area contributed by atoms with Crippen LogP contribution in [0.2, 0.25) is 0 Å². The predicted molar refractivity (Wildman–Crippen MR) is 103 cm³/mol. The van der Waals surface area contributed by atoms with Crippen LogP contribution in [0.15, 0.2) is 30.3 Å². The Morgan fingerprint density at radius 3 is 2.11 bits per heavy atom. The van der Waals surface area contributed by atoms with E-state index in [1.807, 2.05) is 32.0 Å². The number of nitrogens with one attached hydrogen (secondary N) is 2. The number of methoxy groups -OCH3 is 3. The smallest absolute Gasteiger partial charge is 0.251 e. The number of benzene rings is 2. The van der Waals surface area contributed by atoms with Crippen LogP contribution in [0, 0.1) is 13.8 Å². The van der Waals surface area contributed by atoms with Crippen molar-refractivity contribution in [2.45, 2.75) is 13.8 Å². The zero-order valence-electron chi connectivity index (χ0n) is 16.1. The van der Waals surface area contributed by atoms with E-state index in [2.05, 4.69) is 10.6 Å². The third-order valence-electron chi connectivity index (χ3n) is 4.00. The fourth-order valence-corrected chi connectivity index (χ4v) is 2.54. The van der Waals surface area contributed by atoms with Gasteiger partial charge in [-0.25, -0.2) is 0 Å². The number of amides is 2. The second-order valence-electron chi connectivity index (χ2n) is 5.96. The van der Waals surface area contributed by atoms with Crippen LogP contribution in [-0.2, 0) is 4.79 Å². The summed E-state index contributed by atoms with van der Waals surface area (Å²) in [5.41, 5.74) is 3.01. The van der Waals surface area contributed by atoms with Crippen LogP contribution in [0.1, 0.15) is 21.5 Å². The van der Waals surface area contributed by atoms with Gasteiger partial charge in [-0.05, 0) is 43.2 Å². The van der Waals surface area contributed by atoms with E-state index in [0.29, 0.717) is 22.8 Å². The van der Waals surface area contributed by atoms with Crippen molar-refractivity contribution in [3.8, 4) is 17.2 Å². The molecule has 0 aromatic heterocycles. The van der Waals surface area contributed by atoms with Gasteiger partial charge in [-0.2, -0.15) is 0 Å². The molecule has 27 heavy (non-hydrogen) atoms. The molecule has 7 nitrogen and oxygen atoms in total. The minimum absolute atomic E-state index is 0.164. The second-order valence-corrected chi connectivity index (χ2v) is 5.96. The molecule has 144 valence electrons. The molecule has 2 amide bonds. The molecule has 2 aromatic carbocycles. The number of carbonyl (C=O) groups is 2. The molecule has 0 aliphatic rings. The van der Waals surface area contributed by atoms with Gasteiger partial charge >= 0.3 is 0 Å². The molecule has 2 rings (SSSR count). The Hall–Kier alpha value is -3.22. The number of carbonyl (C=O) groups excluding carboxylic acids is 2. The first-order chi connectivity index (χ1) is 12.9. The number of rotatable bonds is 7. The fourth-order valence-electron chi connectivity index (χ4n) is 2.54. The average Bonchev–Trinajstić information content (AvgIpc) is 2.67. The lowest BCUT2D eigenvalue weighted by Crippen LogP contribution is -2.33. The Morgan fingerprint density at radius 2 is 1.56 bits per heavy atom. The van der Waals surface area contributed by atoms with Gasteiger partial charge in [0.1, 0.15) is 0 Å². The van der Waals surface area contributed by atoms with Crippen LogP contribution in [0.25, 0.3) is 0 Å². The van der Waals surface area contributed by atoms with Crippen molar-refractivity contribution in [3.05, 3.63) is 47.0 Å². The van der Waals surface area contributed by atoms with Crippen molar-refractivity contribution in [3.63, 3.8) is 0 Å². The number of hydrogen-bond acceptors (Lipinski definition) is 5. The molecule has 0 aliphatic carbocycles. The molecule has 0 bridgehead atoms. The highest BCUT2D eigenvalue weighted by atomic mass is 16.5. The van der Waals surface area contributed by atoms with Crippen LogP contribution >= 0.6 is 0 Å². The topological polar surface area (TPSA) is 85.9 Å². The van der Waals surface area contributed by atoms with Crippen LogP contribution in [0.4, 0.5) is 5.69 Å². The fraction of sp³-hybridized carbons (Fsp3) is 0.300. The molecule has 7 heteroatoms. The summed E-state index contributed by atoms with van der Waals surface area (Å²) in [6.45, 7) is 3.69. The summed E-state index contributed by atoms with van der Waals surface area (Å²) in [5.74, 6) is 0.378. The third-order valence-corrected chi connectivity index (χ3v) is 4.00. The van der Waals surface area contributed by atoms with E-state index < -0.39 is 5.91 Å².